The van der Waals surface area contributed by atoms with Gasteiger partial charge < -0.3 is 16.0 Å². The molecule has 110 valence electrons. The largest absolute Gasteiger partial charge is 0.346 e. The highest BCUT2D eigenvalue weighted by Gasteiger charge is 2.32. The summed E-state index contributed by atoms with van der Waals surface area (Å²) in [6.07, 6.45) is 4.27. The van der Waals surface area contributed by atoms with Gasteiger partial charge in [-0.05, 0) is 25.2 Å². The normalized spacial score (nSPS) is 16.3. The zero-order valence-corrected chi connectivity index (χ0v) is 12.3. The Morgan fingerprint density at radius 1 is 1.37 bits per heavy atom. The van der Waals surface area contributed by atoms with E-state index in [0.29, 0.717) is 6.04 Å². The molecule has 0 radical (unpaired) electrons. The molecule has 0 aromatic carbocycles. The molecule has 1 aliphatic rings. The van der Waals surface area contributed by atoms with Crippen molar-refractivity contribution in [2.24, 2.45) is 11.7 Å². The minimum Gasteiger partial charge on any atom is -0.346 e. The van der Waals surface area contributed by atoms with Gasteiger partial charge in [0.25, 0.3) is 0 Å². The van der Waals surface area contributed by atoms with Gasteiger partial charge in [-0.15, -0.1) is 0 Å². The van der Waals surface area contributed by atoms with E-state index in [2.05, 4.69) is 12.2 Å². The topological polar surface area (TPSA) is 75.4 Å². The smallest absolute Gasteiger partial charge is 0.242 e. The summed E-state index contributed by atoms with van der Waals surface area (Å²) >= 11 is 0. The first kappa shape index (κ1) is 16.0. The van der Waals surface area contributed by atoms with E-state index in [1.165, 1.54) is 0 Å². The molecule has 0 bridgehead atoms. The van der Waals surface area contributed by atoms with Crippen LogP contribution >= 0.6 is 0 Å². The second-order valence-electron chi connectivity index (χ2n) is 5.66. The summed E-state index contributed by atoms with van der Waals surface area (Å²) in [6, 6.07) is -0.146. The van der Waals surface area contributed by atoms with Gasteiger partial charge in [-0.1, -0.05) is 27.2 Å². The van der Waals surface area contributed by atoms with Crippen LogP contribution in [0.15, 0.2) is 0 Å². The number of rotatable bonds is 8. The molecule has 0 aliphatic heterocycles. The molecule has 5 nitrogen and oxygen atoms in total. The summed E-state index contributed by atoms with van der Waals surface area (Å²) < 4.78 is 0. The Kier molecular flexibility index (Phi) is 6.28. The molecular weight excluding hydrogens is 242 g/mol. The fourth-order valence-electron chi connectivity index (χ4n) is 1.91. The summed E-state index contributed by atoms with van der Waals surface area (Å²) in [5.41, 5.74) is 5.74. The molecule has 3 N–H and O–H groups in total. The van der Waals surface area contributed by atoms with Gasteiger partial charge in [0.05, 0.1) is 12.6 Å². The van der Waals surface area contributed by atoms with Crippen molar-refractivity contribution in [2.75, 3.05) is 13.1 Å². The first-order valence-corrected chi connectivity index (χ1v) is 7.30. The van der Waals surface area contributed by atoms with Crippen molar-refractivity contribution in [1.82, 2.24) is 10.2 Å². The highest BCUT2D eigenvalue weighted by molar-refractivity contribution is 5.87. The third kappa shape index (κ3) is 5.19. The Morgan fingerprint density at radius 3 is 2.47 bits per heavy atom. The van der Waals surface area contributed by atoms with E-state index >= 15 is 0 Å². The van der Waals surface area contributed by atoms with E-state index in [1.54, 1.807) is 0 Å². The van der Waals surface area contributed by atoms with E-state index < -0.39 is 6.04 Å². The van der Waals surface area contributed by atoms with Crippen LogP contribution in [-0.2, 0) is 9.59 Å². The van der Waals surface area contributed by atoms with Gasteiger partial charge in [0, 0.05) is 12.6 Å². The third-order valence-electron chi connectivity index (χ3n) is 3.50. The molecule has 1 rings (SSSR count). The average molecular weight is 269 g/mol. The maximum atomic E-state index is 12.1. The second-order valence-corrected chi connectivity index (χ2v) is 5.66. The van der Waals surface area contributed by atoms with Crippen LogP contribution in [0.3, 0.4) is 0 Å². The Bertz CT molecular complexity index is 314. The van der Waals surface area contributed by atoms with E-state index in [-0.39, 0.29) is 24.3 Å². The van der Waals surface area contributed by atoms with E-state index in [4.69, 9.17) is 5.73 Å². The predicted octanol–water partition coefficient (Wildman–Crippen LogP) is 0.877. The van der Waals surface area contributed by atoms with Gasteiger partial charge in [0.2, 0.25) is 11.8 Å². The van der Waals surface area contributed by atoms with Crippen LogP contribution in [0.25, 0.3) is 0 Å². The maximum Gasteiger partial charge on any atom is 0.242 e. The molecule has 5 heteroatoms. The van der Waals surface area contributed by atoms with Crippen LogP contribution in [0.4, 0.5) is 0 Å². The number of carbonyl (C=O) groups excluding carboxylic acids is 2. The minimum atomic E-state index is -0.544. The van der Waals surface area contributed by atoms with Crippen molar-refractivity contribution in [3.8, 4) is 0 Å². The van der Waals surface area contributed by atoms with Crippen molar-refractivity contribution in [3.05, 3.63) is 0 Å². The van der Waals surface area contributed by atoms with Gasteiger partial charge >= 0.3 is 0 Å². The minimum absolute atomic E-state index is 0.0141. The van der Waals surface area contributed by atoms with Crippen LogP contribution in [0.2, 0.25) is 0 Å². The van der Waals surface area contributed by atoms with Crippen molar-refractivity contribution < 1.29 is 9.59 Å². The quantitative estimate of drug-likeness (QED) is 0.687. The third-order valence-corrected chi connectivity index (χ3v) is 3.50. The molecule has 0 aromatic rings. The molecule has 1 atom stereocenters. The Balaban J connectivity index is 2.37. The average Bonchev–Trinajstić information content (AvgIpc) is 3.19. The number of amides is 2. The standard InChI is InChI=1S/C14H27N3O2/c1-4-5-8-17(11-6-7-11)12(18)9-16-14(19)13(15)10(2)3/h10-11,13H,4-9,15H2,1-3H3,(H,16,19)/t13-/m0/s1. The molecule has 1 fully saturated rings. The Labute approximate surface area is 115 Å². The van der Waals surface area contributed by atoms with Crippen LogP contribution < -0.4 is 11.1 Å². The number of unbranched alkanes of at least 4 members (excludes halogenated alkanes) is 1. The van der Waals surface area contributed by atoms with Gasteiger partial charge in [-0.2, -0.15) is 0 Å². The first-order chi connectivity index (χ1) is 8.97. The number of carbonyl (C=O) groups is 2. The van der Waals surface area contributed by atoms with E-state index in [9.17, 15) is 9.59 Å². The molecule has 0 aromatic heterocycles. The monoisotopic (exact) mass is 269 g/mol. The van der Waals surface area contributed by atoms with Gasteiger partial charge in [0.1, 0.15) is 0 Å². The van der Waals surface area contributed by atoms with Crippen molar-refractivity contribution in [3.63, 3.8) is 0 Å². The van der Waals surface area contributed by atoms with Crippen molar-refractivity contribution in [2.45, 2.75) is 58.5 Å². The molecular formula is C14H27N3O2. The lowest BCUT2D eigenvalue weighted by Crippen LogP contribution is -2.48. The van der Waals surface area contributed by atoms with Crippen molar-refractivity contribution in [1.29, 1.82) is 0 Å². The fourth-order valence-corrected chi connectivity index (χ4v) is 1.91. The summed E-state index contributed by atoms with van der Waals surface area (Å²) in [6.45, 7) is 6.76. The molecule has 1 saturated carbocycles. The Morgan fingerprint density at radius 2 is 2.00 bits per heavy atom. The van der Waals surface area contributed by atoms with Crippen molar-refractivity contribution >= 4 is 11.8 Å². The lowest BCUT2D eigenvalue weighted by atomic mass is 10.1. The predicted molar refractivity (Wildman–Crippen MR) is 75.5 cm³/mol. The molecule has 0 heterocycles. The summed E-state index contributed by atoms with van der Waals surface area (Å²) in [4.78, 5) is 25.7. The summed E-state index contributed by atoms with van der Waals surface area (Å²) in [7, 11) is 0. The van der Waals surface area contributed by atoms with E-state index in [0.717, 1.165) is 32.2 Å². The van der Waals surface area contributed by atoms with Crippen LogP contribution in [-0.4, -0.2) is 41.9 Å². The molecule has 0 unspecified atom stereocenters. The van der Waals surface area contributed by atoms with Crippen LogP contribution in [0.1, 0.15) is 46.5 Å². The highest BCUT2D eigenvalue weighted by atomic mass is 16.2. The molecule has 0 saturated heterocycles. The van der Waals surface area contributed by atoms with E-state index in [1.807, 2.05) is 18.7 Å². The lowest BCUT2D eigenvalue weighted by molar-refractivity contribution is -0.133. The SMILES string of the molecule is CCCCN(C(=O)CNC(=O)[C@@H](N)C(C)C)C1CC1. The van der Waals surface area contributed by atoms with Gasteiger partial charge in [0.15, 0.2) is 0 Å². The molecule has 0 spiro atoms. The highest BCUT2D eigenvalue weighted by Crippen LogP contribution is 2.27. The lowest BCUT2D eigenvalue weighted by Gasteiger charge is -2.23. The summed E-state index contributed by atoms with van der Waals surface area (Å²) in [5, 5.41) is 2.65. The van der Waals surface area contributed by atoms with Crippen LogP contribution in [0.5, 0.6) is 0 Å². The number of hydrogen-bond acceptors (Lipinski definition) is 3. The second kappa shape index (κ2) is 7.48. The van der Waals surface area contributed by atoms with Gasteiger partial charge in [-0.25, -0.2) is 0 Å². The molecule has 1 aliphatic carbocycles. The molecule has 19 heavy (non-hydrogen) atoms. The number of hydrogen-bond donors (Lipinski definition) is 2. The first-order valence-electron chi connectivity index (χ1n) is 7.30. The van der Waals surface area contributed by atoms with Crippen LogP contribution in [0, 0.1) is 5.92 Å². The zero-order valence-electron chi connectivity index (χ0n) is 12.3. The zero-order chi connectivity index (χ0) is 14.4. The Hall–Kier alpha value is -1.10. The number of nitrogens with two attached hydrogens (primary N) is 1. The maximum absolute atomic E-state index is 12.1. The number of nitrogens with zero attached hydrogens (tertiary/aromatic N) is 1. The fraction of sp³-hybridized carbons (Fsp3) is 0.857. The summed E-state index contributed by atoms with van der Waals surface area (Å²) in [5.74, 6) is -0.149. The number of nitrogens with one attached hydrogen (secondary N) is 1. The molecule has 2 amide bonds. The van der Waals surface area contributed by atoms with Gasteiger partial charge in [-0.3, -0.25) is 9.59 Å².